The summed E-state index contributed by atoms with van der Waals surface area (Å²) in [6.45, 7) is 7.70. The number of carbonyl (C=O) groups excluding carboxylic acids is 1. The summed E-state index contributed by atoms with van der Waals surface area (Å²) >= 11 is 0. The lowest BCUT2D eigenvalue weighted by Gasteiger charge is -2.17. The second-order valence-corrected chi connectivity index (χ2v) is 7.81. The first-order chi connectivity index (χ1) is 14.3. The van der Waals surface area contributed by atoms with Crippen molar-refractivity contribution in [1.82, 2.24) is 9.55 Å². The molecule has 0 aliphatic rings. The maximum Gasteiger partial charge on any atom is 0.329 e. The highest BCUT2D eigenvalue weighted by atomic mass is 16.2. The number of hydrogen-bond donors (Lipinski definition) is 1. The number of carbonyl (C=O) groups is 1. The molecule has 30 heavy (non-hydrogen) atoms. The number of aryl methyl sites for hydroxylation is 2. The van der Waals surface area contributed by atoms with Gasteiger partial charge in [0.25, 0.3) is 5.56 Å². The summed E-state index contributed by atoms with van der Waals surface area (Å²) in [5.41, 5.74) is 2.75. The summed E-state index contributed by atoms with van der Waals surface area (Å²) in [4.78, 5) is 41.1. The lowest BCUT2D eigenvalue weighted by molar-refractivity contribution is 0.102. The first-order valence-corrected chi connectivity index (χ1v) is 9.99. The highest BCUT2D eigenvalue weighted by molar-refractivity contribution is 6.09. The van der Waals surface area contributed by atoms with Crippen LogP contribution in [0.3, 0.4) is 0 Å². The molecule has 3 aromatic rings. The van der Waals surface area contributed by atoms with E-state index >= 15 is 0 Å². The Balaban J connectivity index is 2.15. The predicted molar refractivity (Wildman–Crippen MR) is 120 cm³/mol. The maximum absolute atomic E-state index is 13.5. The maximum atomic E-state index is 13.5. The molecule has 0 amide bonds. The topological polar surface area (TPSA) is 71.9 Å². The molecule has 5 nitrogen and oxygen atoms in total. The second-order valence-electron chi connectivity index (χ2n) is 7.81. The summed E-state index contributed by atoms with van der Waals surface area (Å²) in [6.07, 6.45) is 3.70. The minimum absolute atomic E-state index is 0.154. The largest absolute Gasteiger partial charge is 0.329 e. The van der Waals surface area contributed by atoms with Crippen molar-refractivity contribution in [1.29, 1.82) is 0 Å². The van der Waals surface area contributed by atoms with Crippen molar-refractivity contribution in [3.05, 3.63) is 109 Å². The Bertz CT molecular complexity index is 1200. The fourth-order valence-electron chi connectivity index (χ4n) is 3.64. The van der Waals surface area contributed by atoms with Gasteiger partial charge in [-0.15, -0.1) is 0 Å². The number of benzene rings is 2. The highest BCUT2D eigenvalue weighted by Crippen LogP contribution is 2.20. The van der Waals surface area contributed by atoms with Crippen molar-refractivity contribution in [3.63, 3.8) is 0 Å². The van der Waals surface area contributed by atoms with E-state index < -0.39 is 11.2 Å². The number of aromatic nitrogens is 2. The molecule has 154 valence electrons. The van der Waals surface area contributed by atoms with E-state index in [1.54, 1.807) is 12.1 Å². The average Bonchev–Trinajstić information content (AvgIpc) is 2.68. The van der Waals surface area contributed by atoms with E-state index in [0.29, 0.717) is 11.1 Å². The Morgan fingerprint density at radius 2 is 1.67 bits per heavy atom. The van der Waals surface area contributed by atoms with Gasteiger partial charge in [-0.2, -0.15) is 0 Å². The number of aromatic amines is 1. The Labute approximate surface area is 175 Å². The van der Waals surface area contributed by atoms with Crippen molar-refractivity contribution < 1.29 is 4.79 Å². The minimum Gasteiger partial charge on any atom is -0.287 e. The van der Waals surface area contributed by atoms with Gasteiger partial charge in [0, 0.05) is 17.7 Å². The average molecular weight is 402 g/mol. The van der Waals surface area contributed by atoms with E-state index in [1.807, 2.05) is 76.2 Å². The van der Waals surface area contributed by atoms with Gasteiger partial charge in [0.2, 0.25) is 5.78 Å². The van der Waals surface area contributed by atoms with Crippen molar-refractivity contribution >= 4 is 11.9 Å². The van der Waals surface area contributed by atoms with E-state index in [0.717, 1.165) is 16.7 Å². The van der Waals surface area contributed by atoms with Gasteiger partial charge < -0.3 is 0 Å². The van der Waals surface area contributed by atoms with E-state index in [-0.39, 0.29) is 23.9 Å². The van der Waals surface area contributed by atoms with Crippen LogP contribution in [-0.2, 0) is 6.54 Å². The zero-order chi connectivity index (χ0) is 21.8. The van der Waals surface area contributed by atoms with Gasteiger partial charge >= 0.3 is 5.69 Å². The van der Waals surface area contributed by atoms with Crippen LogP contribution < -0.4 is 11.2 Å². The lowest BCUT2D eigenvalue weighted by Crippen LogP contribution is -2.37. The third kappa shape index (κ3) is 4.57. The minimum atomic E-state index is -0.588. The standard InChI is InChI=1S/C25H26N2O3/c1-16(2)21-22(23(28)20-14-17(3)13-18(4)15-20)27(25(30)26-24(21)29)12-8-11-19-9-6-5-7-10-19/h5-11,13-16H,12H2,1-4H3,(H,26,29,30)/b11-8+. The molecule has 1 heterocycles. The van der Waals surface area contributed by atoms with Crippen molar-refractivity contribution in [3.8, 4) is 0 Å². The van der Waals surface area contributed by atoms with Gasteiger partial charge in [-0.25, -0.2) is 4.79 Å². The van der Waals surface area contributed by atoms with Gasteiger partial charge in [0.05, 0.1) is 0 Å². The number of allylic oxidation sites excluding steroid dienone is 1. The normalized spacial score (nSPS) is 11.4. The van der Waals surface area contributed by atoms with E-state index in [9.17, 15) is 14.4 Å². The fraction of sp³-hybridized carbons (Fsp3) is 0.240. The zero-order valence-electron chi connectivity index (χ0n) is 17.7. The van der Waals surface area contributed by atoms with E-state index in [2.05, 4.69) is 4.98 Å². The van der Waals surface area contributed by atoms with Gasteiger partial charge in [0.15, 0.2) is 0 Å². The van der Waals surface area contributed by atoms with Crippen LogP contribution in [0.4, 0.5) is 0 Å². The van der Waals surface area contributed by atoms with Crippen molar-refractivity contribution in [2.24, 2.45) is 0 Å². The van der Waals surface area contributed by atoms with Crippen LogP contribution in [0.1, 0.15) is 58.1 Å². The summed E-state index contributed by atoms with van der Waals surface area (Å²) in [5.74, 6) is -0.537. The van der Waals surface area contributed by atoms with Crippen LogP contribution in [0.25, 0.3) is 6.08 Å². The Morgan fingerprint density at radius 1 is 1.03 bits per heavy atom. The molecule has 2 aromatic carbocycles. The molecule has 0 aliphatic carbocycles. The van der Waals surface area contributed by atoms with Crippen LogP contribution >= 0.6 is 0 Å². The molecule has 1 N–H and O–H groups in total. The fourth-order valence-corrected chi connectivity index (χ4v) is 3.64. The van der Waals surface area contributed by atoms with Crippen LogP contribution in [0.15, 0.2) is 64.2 Å². The van der Waals surface area contributed by atoms with Crippen molar-refractivity contribution in [2.45, 2.75) is 40.2 Å². The molecule has 0 bridgehead atoms. The Kier molecular flexibility index (Phi) is 6.31. The number of hydrogen-bond acceptors (Lipinski definition) is 3. The molecule has 5 heteroatoms. The molecule has 0 radical (unpaired) electrons. The summed E-state index contributed by atoms with van der Waals surface area (Å²) in [6, 6.07) is 15.2. The third-order valence-electron chi connectivity index (χ3n) is 4.91. The predicted octanol–water partition coefficient (Wildman–Crippen LogP) is 4.22. The number of H-pyrrole nitrogens is 1. The first-order valence-electron chi connectivity index (χ1n) is 9.99. The summed E-state index contributed by atoms with van der Waals surface area (Å²) in [7, 11) is 0. The van der Waals surface area contributed by atoms with Gasteiger partial charge in [-0.05, 0) is 37.5 Å². The molecule has 0 saturated carbocycles. The number of nitrogens with zero attached hydrogens (tertiary/aromatic N) is 1. The first kappa shape index (κ1) is 21.2. The number of nitrogens with one attached hydrogen (secondary N) is 1. The molecule has 3 rings (SSSR count). The van der Waals surface area contributed by atoms with Gasteiger partial charge in [-0.3, -0.25) is 19.1 Å². The molecule has 0 saturated heterocycles. The number of ketones is 1. The smallest absolute Gasteiger partial charge is 0.287 e. The van der Waals surface area contributed by atoms with E-state index in [4.69, 9.17) is 0 Å². The van der Waals surface area contributed by atoms with Gasteiger partial charge in [-0.1, -0.05) is 73.5 Å². The molecule has 0 fully saturated rings. The van der Waals surface area contributed by atoms with Crippen molar-refractivity contribution in [2.75, 3.05) is 0 Å². The summed E-state index contributed by atoms with van der Waals surface area (Å²) in [5, 5.41) is 0. The molecule has 0 unspecified atom stereocenters. The molecule has 0 aliphatic heterocycles. The SMILES string of the molecule is Cc1cc(C)cc(C(=O)c2c(C(C)C)c(=O)[nH]c(=O)n2C/C=C/c2ccccc2)c1. The van der Waals surface area contributed by atoms with Crippen LogP contribution in [-0.4, -0.2) is 15.3 Å². The summed E-state index contributed by atoms with van der Waals surface area (Å²) < 4.78 is 1.36. The highest BCUT2D eigenvalue weighted by Gasteiger charge is 2.24. The molecular formula is C25H26N2O3. The van der Waals surface area contributed by atoms with Crippen LogP contribution in [0.5, 0.6) is 0 Å². The monoisotopic (exact) mass is 402 g/mol. The third-order valence-corrected chi connectivity index (χ3v) is 4.91. The Morgan fingerprint density at radius 3 is 2.27 bits per heavy atom. The molecule has 0 atom stereocenters. The lowest BCUT2D eigenvalue weighted by atomic mass is 9.95. The molecular weight excluding hydrogens is 376 g/mol. The molecule has 1 aromatic heterocycles. The molecule has 0 spiro atoms. The van der Waals surface area contributed by atoms with Crippen LogP contribution in [0.2, 0.25) is 0 Å². The second kappa shape index (κ2) is 8.91. The Hall–Kier alpha value is -3.47. The quantitative estimate of drug-likeness (QED) is 0.628. The number of rotatable bonds is 6. The van der Waals surface area contributed by atoms with Crippen LogP contribution in [0, 0.1) is 13.8 Å². The van der Waals surface area contributed by atoms with Gasteiger partial charge in [0.1, 0.15) is 5.69 Å². The zero-order valence-corrected chi connectivity index (χ0v) is 17.7. The van der Waals surface area contributed by atoms with E-state index in [1.165, 1.54) is 4.57 Å².